The van der Waals surface area contributed by atoms with Crippen LogP contribution in [0.1, 0.15) is 0 Å². The first-order valence-corrected chi connectivity index (χ1v) is 5.67. The molecular formula is C11H8Cl2N2O4. The number of nitro benzene ring substituents is 1. The summed E-state index contributed by atoms with van der Waals surface area (Å²) in [7, 11) is 0. The number of benzene rings is 1. The maximum Gasteiger partial charge on any atom is 0.272 e. The molecule has 0 aliphatic rings. The van der Waals surface area contributed by atoms with Crippen LogP contribution in [0.4, 0.5) is 5.69 Å². The summed E-state index contributed by atoms with van der Waals surface area (Å²) >= 11 is 11.6. The van der Waals surface area contributed by atoms with Crippen LogP contribution in [0.2, 0.25) is 10.0 Å². The lowest BCUT2D eigenvalue weighted by Gasteiger charge is -2.09. The molecule has 100 valence electrons. The predicted molar refractivity (Wildman–Crippen MR) is 70.5 cm³/mol. The Balaban J connectivity index is 2.77. The van der Waals surface area contributed by atoms with Crippen molar-refractivity contribution in [1.29, 1.82) is 0 Å². The predicted octanol–water partition coefficient (Wildman–Crippen LogP) is 2.03. The second kappa shape index (κ2) is 6.83. The van der Waals surface area contributed by atoms with Gasteiger partial charge >= 0.3 is 0 Å². The number of amides is 1. The summed E-state index contributed by atoms with van der Waals surface area (Å²) in [6.45, 7) is -0.275. The van der Waals surface area contributed by atoms with Gasteiger partial charge in [0.2, 0.25) is 0 Å². The molecule has 0 saturated carbocycles. The van der Waals surface area contributed by atoms with Crippen LogP contribution in [0, 0.1) is 22.5 Å². The van der Waals surface area contributed by atoms with Crippen LogP contribution >= 0.6 is 23.2 Å². The zero-order valence-corrected chi connectivity index (χ0v) is 11.0. The fourth-order valence-corrected chi connectivity index (χ4v) is 1.71. The van der Waals surface area contributed by atoms with Gasteiger partial charge in [-0.05, 0) is 0 Å². The molecule has 0 aliphatic heterocycles. The van der Waals surface area contributed by atoms with Crippen molar-refractivity contribution < 1.29 is 14.5 Å². The molecule has 0 fully saturated rings. The van der Waals surface area contributed by atoms with Gasteiger partial charge in [-0.25, -0.2) is 0 Å². The highest BCUT2D eigenvalue weighted by Gasteiger charge is 2.16. The highest BCUT2D eigenvalue weighted by molar-refractivity contribution is 6.37. The molecule has 0 bridgehead atoms. The average molecular weight is 303 g/mol. The molecular weight excluding hydrogens is 295 g/mol. The molecule has 1 amide bonds. The number of terminal acetylenes is 1. The number of ether oxygens (including phenoxy) is 1. The first kappa shape index (κ1) is 15.1. The van der Waals surface area contributed by atoms with Crippen molar-refractivity contribution in [2.24, 2.45) is 0 Å². The smallest absolute Gasteiger partial charge is 0.272 e. The number of halogens is 2. The molecule has 8 heteroatoms. The highest BCUT2D eigenvalue weighted by atomic mass is 35.5. The Morgan fingerprint density at radius 3 is 2.53 bits per heavy atom. The Hall–Kier alpha value is -1.97. The standard InChI is InChI=1S/C11H8Cl2N2O4/c1-2-3-14-10(16)6-19-11-8(12)4-7(15(17)18)5-9(11)13/h1,4-5H,3,6H2,(H,14,16). The SMILES string of the molecule is C#CCNC(=O)COc1c(Cl)cc([N+](=O)[O-])cc1Cl. The lowest BCUT2D eigenvalue weighted by molar-refractivity contribution is -0.384. The molecule has 19 heavy (non-hydrogen) atoms. The first-order chi connectivity index (χ1) is 8.95. The van der Waals surface area contributed by atoms with Gasteiger partial charge in [0.25, 0.3) is 11.6 Å². The summed E-state index contributed by atoms with van der Waals surface area (Å²) in [5.74, 6) is 1.77. The van der Waals surface area contributed by atoms with E-state index >= 15 is 0 Å². The molecule has 1 aromatic rings. The van der Waals surface area contributed by atoms with Gasteiger partial charge in [0, 0.05) is 12.1 Å². The fraction of sp³-hybridized carbons (Fsp3) is 0.182. The number of hydrogen-bond acceptors (Lipinski definition) is 4. The van der Waals surface area contributed by atoms with Gasteiger partial charge in [-0.1, -0.05) is 29.1 Å². The van der Waals surface area contributed by atoms with Crippen LogP contribution in [-0.2, 0) is 4.79 Å². The molecule has 1 rings (SSSR count). The third-order valence-corrected chi connectivity index (χ3v) is 2.49. The summed E-state index contributed by atoms with van der Waals surface area (Å²) in [5, 5.41) is 12.8. The zero-order chi connectivity index (χ0) is 14.4. The number of nitrogens with zero attached hydrogens (tertiary/aromatic N) is 1. The molecule has 0 saturated heterocycles. The monoisotopic (exact) mass is 302 g/mol. The van der Waals surface area contributed by atoms with Crippen LogP contribution < -0.4 is 10.1 Å². The van der Waals surface area contributed by atoms with Crippen LogP contribution in [-0.4, -0.2) is 24.0 Å². The molecule has 1 N–H and O–H groups in total. The number of carbonyl (C=O) groups excluding carboxylic acids is 1. The first-order valence-electron chi connectivity index (χ1n) is 4.92. The van der Waals surface area contributed by atoms with E-state index in [1.54, 1.807) is 0 Å². The molecule has 0 atom stereocenters. The summed E-state index contributed by atoms with van der Waals surface area (Å²) in [6.07, 6.45) is 4.97. The summed E-state index contributed by atoms with van der Waals surface area (Å²) in [5.41, 5.74) is -0.265. The minimum absolute atomic E-state index is 0.00444. The van der Waals surface area contributed by atoms with Crippen LogP contribution in [0.15, 0.2) is 12.1 Å². The van der Waals surface area contributed by atoms with Gasteiger partial charge < -0.3 is 10.1 Å². The van der Waals surface area contributed by atoms with E-state index in [2.05, 4.69) is 11.2 Å². The van der Waals surface area contributed by atoms with E-state index in [9.17, 15) is 14.9 Å². The number of hydrogen-bond donors (Lipinski definition) is 1. The van der Waals surface area contributed by atoms with E-state index in [-0.39, 0.29) is 34.6 Å². The fourth-order valence-electron chi connectivity index (χ4n) is 1.13. The summed E-state index contributed by atoms with van der Waals surface area (Å²) in [4.78, 5) is 21.2. The van der Waals surface area contributed by atoms with Gasteiger partial charge in [0.05, 0.1) is 21.5 Å². The third kappa shape index (κ3) is 4.32. The van der Waals surface area contributed by atoms with Gasteiger partial charge in [-0.3, -0.25) is 14.9 Å². The quantitative estimate of drug-likeness (QED) is 0.512. The van der Waals surface area contributed by atoms with E-state index in [4.69, 9.17) is 34.4 Å². The molecule has 0 unspecified atom stereocenters. The summed E-state index contributed by atoms with van der Waals surface area (Å²) < 4.78 is 5.09. The van der Waals surface area contributed by atoms with Gasteiger partial charge in [-0.2, -0.15) is 0 Å². The van der Waals surface area contributed by atoms with E-state index in [1.165, 1.54) is 0 Å². The van der Waals surface area contributed by atoms with Crippen molar-refractivity contribution in [3.8, 4) is 18.1 Å². The highest BCUT2D eigenvalue weighted by Crippen LogP contribution is 2.36. The lowest BCUT2D eigenvalue weighted by Crippen LogP contribution is -2.29. The third-order valence-electron chi connectivity index (χ3n) is 1.93. The zero-order valence-electron chi connectivity index (χ0n) is 9.48. The number of carbonyl (C=O) groups is 1. The van der Waals surface area contributed by atoms with Crippen molar-refractivity contribution in [2.45, 2.75) is 0 Å². The number of non-ortho nitro benzene ring substituents is 1. The maximum absolute atomic E-state index is 11.2. The Labute approximate surface area is 118 Å². The minimum atomic E-state index is -0.638. The van der Waals surface area contributed by atoms with E-state index in [0.29, 0.717) is 0 Å². The number of rotatable bonds is 5. The van der Waals surface area contributed by atoms with Gasteiger partial charge in [0.1, 0.15) is 0 Å². The topological polar surface area (TPSA) is 81.5 Å². The Bertz CT molecular complexity index is 531. The number of nitro groups is 1. The molecule has 0 aliphatic carbocycles. The van der Waals surface area contributed by atoms with E-state index < -0.39 is 10.8 Å². The summed E-state index contributed by atoms with van der Waals surface area (Å²) in [6, 6.07) is 2.17. The second-order valence-electron chi connectivity index (χ2n) is 3.27. The van der Waals surface area contributed by atoms with Crippen LogP contribution in [0.3, 0.4) is 0 Å². The molecule has 0 spiro atoms. The van der Waals surface area contributed by atoms with E-state index in [0.717, 1.165) is 12.1 Å². The Morgan fingerprint density at radius 1 is 1.47 bits per heavy atom. The molecule has 1 aromatic carbocycles. The van der Waals surface area contributed by atoms with Crippen molar-refractivity contribution in [2.75, 3.05) is 13.2 Å². The van der Waals surface area contributed by atoms with E-state index in [1.807, 2.05) is 0 Å². The second-order valence-corrected chi connectivity index (χ2v) is 4.08. The van der Waals surface area contributed by atoms with Crippen LogP contribution in [0.25, 0.3) is 0 Å². The molecule has 6 nitrogen and oxygen atoms in total. The largest absolute Gasteiger partial charge is 0.481 e. The number of nitrogens with one attached hydrogen (secondary N) is 1. The molecule has 0 radical (unpaired) electrons. The van der Waals surface area contributed by atoms with Crippen molar-refractivity contribution in [3.63, 3.8) is 0 Å². The van der Waals surface area contributed by atoms with Gasteiger partial charge in [-0.15, -0.1) is 6.42 Å². The van der Waals surface area contributed by atoms with Crippen molar-refractivity contribution >= 4 is 34.8 Å². The van der Waals surface area contributed by atoms with Crippen LogP contribution in [0.5, 0.6) is 5.75 Å². The minimum Gasteiger partial charge on any atom is -0.481 e. The molecule has 0 aromatic heterocycles. The van der Waals surface area contributed by atoms with Gasteiger partial charge in [0.15, 0.2) is 12.4 Å². The maximum atomic E-state index is 11.2. The lowest BCUT2D eigenvalue weighted by atomic mass is 10.3. The normalized spacial score (nSPS) is 9.53. The molecule has 0 heterocycles. The average Bonchev–Trinajstić information content (AvgIpc) is 2.34. The Kier molecular flexibility index (Phi) is 5.42. The van der Waals surface area contributed by atoms with Crippen molar-refractivity contribution in [1.82, 2.24) is 5.32 Å². The van der Waals surface area contributed by atoms with Crippen molar-refractivity contribution in [3.05, 3.63) is 32.3 Å². The Morgan fingerprint density at radius 2 is 2.05 bits per heavy atom.